The molecule has 0 fully saturated rings. The first-order chi connectivity index (χ1) is 13.3. The molecular formula is C23H21N3O. The first kappa shape index (κ1) is 16.1. The highest BCUT2D eigenvalue weighted by Gasteiger charge is 2.29. The van der Waals surface area contributed by atoms with E-state index in [2.05, 4.69) is 50.9 Å². The van der Waals surface area contributed by atoms with Gasteiger partial charge in [0.2, 0.25) is 0 Å². The number of ketones is 1. The topological polar surface area (TPSA) is 50.7 Å². The van der Waals surface area contributed by atoms with Gasteiger partial charge >= 0.3 is 0 Å². The number of para-hydroxylation sites is 1. The smallest absolute Gasteiger partial charge is 0.168 e. The van der Waals surface area contributed by atoms with Crippen LogP contribution in [-0.4, -0.2) is 20.3 Å². The van der Waals surface area contributed by atoms with Gasteiger partial charge in [-0.2, -0.15) is 0 Å². The van der Waals surface area contributed by atoms with Gasteiger partial charge in [0.1, 0.15) is 0 Å². The Balaban J connectivity index is 1.51. The van der Waals surface area contributed by atoms with E-state index >= 15 is 0 Å². The number of aromatic amines is 1. The van der Waals surface area contributed by atoms with Crippen molar-refractivity contribution in [3.63, 3.8) is 0 Å². The lowest BCUT2D eigenvalue weighted by atomic mass is 9.84. The van der Waals surface area contributed by atoms with Crippen molar-refractivity contribution in [3.05, 3.63) is 89.6 Å². The Morgan fingerprint density at radius 3 is 2.81 bits per heavy atom. The highest BCUT2D eigenvalue weighted by Crippen LogP contribution is 2.30. The van der Waals surface area contributed by atoms with E-state index in [4.69, 9.17) is 0 Å². The van der Waals surface area contributed by atoms with E-state index < -0.39 is 0 Å². The number of H-pyrrole nitrogens is 1. The van der Waals surface area contributed by atoms with Crippen molar-refractivity contribution < 1.29 is 4.79 Å². The summed E-state index contributed by atoms with van der Waals surface area (Å²) in [6, 6.07) is 18.6. The summed E-state index contributed by atoms with van der Waals surface area (Å²) in [6.45, 7) is 0.767. The van der Waals surface area contributed by atoms with Crippen LogP contribution in [0.5, 0.6) is 0 Å². The number of carbonyl (C=O) groups is 1. The maximum Gasteiger partial charge on any atom is 0.168 e. The van der Waals surface area contributed by atoms with Crippen molar-refractivity contribution in [2.75, 3.05) is 0 Å². The Morgan fingerprint density at radius 1 is 1.11 bits per heavy atom. The minimum Gasteiger partial charge on any atom is -0.348 e. The molecule has 0 amide bonds. The molecule has 4 nitrogen and oxygen atoms in total. The molecule has 2 heterocycles. The van der Waals surface area contributed by atoms with Crippen molar-refractivity contribution >= 4 is 16.7 Å². The molecular weight excluding hydrogens is 334 g/mol. The number of benzene rings is 2. The van der Waals surface area contributed by atoms with Gasteiger partial charge in [-0.3, -0.25) is 4.79 Å². The van der Waals surface area contributed by atoms with Crippen LogP contribution in [-0.2, 0) is 19.4 Å². The van der Waals surface area contributed by atoms with Gasteiger partial charge in [0.05, 0.1) is 12.0 Å². The second-order valence-corrected chi connectivity index (χ2v) is 7.31. The zero-order chi connectivity index (χ0) is 18.2. The molecule has 1 aliphatic rings. The number of nitrogens with zero attached hydrogens (tertiary/aromatic N) is 2. The van der Waals surface area contributed by atoms with Gasteiger partial charge in [0.25, 0.3) is 0 Å². The monoisotopic (exact) mass is 355 g/mol. The van der Waals surface area contributed by atoms with Crippen molar-refractivity contribution in [3.8, 4) is 0 Å². The van der Waals surface area contributed by atoms with Crippen molar-refractivity contribution in [2.45, 2.75) is 25.8 Å². The standard InChI is InChI=1S/C23H21N3O/c27-23(17-10-11-20-21(12-17)25-15-24-20)19-14-26(13-16-6-2-1-3-7-16)22-9-5-4-8-18(19)22/h1-9,14-15,17H,10-13H2,(H,24,25). The molecule has 0 spiro atoms. The molecule has 1 atom stereocenters. The number of nitrogens with one attached hydrogen (secondary N) is 1. The summed E-state index contributed by atoms with van der Waals surface area (Å²) in [5, 5.41) is 1.05. The molecule has 1 unspecified atom stereocenters. The maximum absolute atomic E-state index is 13.4. The Labute approximate surface area is 157 Å². The van der Waals surface area contributed by atoms with Crippen molar-refractivity contribution in [1.29, 1.82) is 0 Å². The molecule has 27 heavy (non-hydrogen) atoms. The van der Waals surface area contributed by atoms with Gasteiger partial charge in [-0.05, 0) is 24.5 Å². The lowest BCUT2D eigenvalue weighted by Crippen LogP contribution is -2.22. The van der Waals surface area contributed by atoms with Gasteiger partial charge < -0.3 is 9.55 Å². The van der Waals surface area contributed by atoms with Gasteiger partial charge in [0.15, 0.2) is 5.78 Å². The molecule has 0 aliphatic heterocycles. The van der Waals surface area contributed by atoms with Crippen LogP contribution in [0.25, 0.3) is 10.9 Å². The Bertz CT molecular complexity index is 1110. The highest BCUT2D eigenvalue weighted by molar-refractivity contribution is 6.09. The molecule has 134 valence electrons. The fourth-order valence-corrected chi connectivity index (χ4v) is 4.19. The van der Waals surface area contributed by atoms with Crippen LogP contribution < -0.4 is 0 Å². The van der Waals surface area contributed by atoms with E-state index in [1.807, 2.05) is 24.4 Å². The van der Waals surface area contributed by atoms with E-state index in [0.29, 0.717) is 0 Å². The van der Waals surface area contributed by atoms with E-state index in [0.717, 1.165) is 48.0 Å². The molecule has 1 N–H and O–H groups in total. The van der Waals surface area contributed by atoms with Crippen LogP contribution in [0, 0.1) is 5.92 Å². The van der Waals surface area contributed by atoms with Crippen molar-refractivity contribution in [2.24, 2.45) is 5.92 Å². The second kappa shape index (κ2) is 6.54. The Kier molecular flexibility index (Phi) is 3.89. The quantitative estimate of drug-likeness (QED) is 0.552. The molecule has 4 aromatic rings. The van der Waals surface area contributed by atoms with Gasteiger partial charge in [0, 0.05) is 47.2 Å². The number of carbonyl (C=O) groups excluding carboxylic acids is 1. The van der Waals surface area contributed by atoms with E-state index in [9.17, 15) is 4.79 Å². The fourth-order valence-electron chi connectivity index (χ4n) is 4.19. The summed E-state index contributed by atoms with van der Waals surface area (Å²) >= 11 is 0. The van der Waals surface area contributed by atoms with Gasteiger partial charge in [-0.25, -0.2) is 4.98 Å². The molecule has 4 heteroatoms. The normalized spacial score (nSPS) is 16.4. The van der Waals surface area contributed by atoms with Crippen LogP contribution >= 0.6 is 0 Å². The summed E-state index contributed by atoms with van der Waals surface area (Å²) in [5.41, 5.74) is 5.42. The van der Waals surface area contributed by atoms with Gasteiger partial charge in [-0.15, -0.1) is 0 Å². The molecule has 0 saturated heterocycles. The Morgan fingerprint density at radius 2 is 1.93 bits per heavy atom. The summed E-state index contributed by atoms with van der Waals surface area (Å²) in [6.07, 6.45) is 6.29. The Hall–Kier alpha value is -3.14. The number of fused-ring (bicyclic) bond motifs is 2. The summed E-state index contributed by atoms with van der Waals surface area (Å²) in [5.74, 6) is 0.253. The molecule has 2 aromatic carbocycles. The van der Waals surface area contributed by atoms with Crippen molar-refractivity contribution in [1.82, 2.24) is 14.5 Å². The molecule has 0 saturated carbocycles. The number of hydrogen-bond donors (Lipinski definition) is 1. The van der Waals surface area contributed by atoms with Crippen LogP contribution in [0.3, 0.4) is 0 Å². The predicted molar refractivity (Wildman–Crippen MR) is 106 cm³/mol. The minimum absolute atomic E-state index is 0.0109. The second-order valence-electron chi connectivity index (χ2n) is 7.31. The van der Waals surface area contributed by atoms with Crippen LogP contribution in [0.1, 0.15) is 33.7 Å². The number of hydrogen-bond acceptors (Lipinski definition) is 2. The van der Waals surface area contributed by atoms with E-state index in [-0.39, 0.29) is 11.7 Å². The first-order valence-electron chi connectivity index (χ1n) is 9.47. The summed E-state index contributed by atoms with van der Waals surface area (Å²) in [7, 11) is 0. The molecule has 0 bridgehead atoms. The predicted octanol–water partition coefficient (Wildman–Crippen LogP) is 4.40. The number of imidazole rings is 1. The maximum atomic E-state index is 13.4. The molecule has 5 rings (SSSR count). The zero-order valence-corrected chi connectivity index (χ0v) is 15.1. The fraction of sp³-hybridized carbons (Fsp3) is 0.217. The lowest BCUT2D eigenvalue weighted by Gasteiger charge is -2.19. The molecule has 0 radical (unpaired) electrons. The number of Topliss-reactive ketones (excluding diaryl/α,β-unsaturated/α-hetero) is 1. The average molecular weight is 355 g/mol. The minimum atomic E-state index is 0.0109. The van der Waals surface area contributed by atoms with E-state index in [1.54, 1.807) is 6.33 Å². The van der Waals surface area contributed by atoms with Crippen LogP contribution in [0.2, 0.25) is 0 Å². The van der Waals surface area contributed by atoms with Crippen LogP contribution in [0.15, 0.2) is 67.1 Å². The molecule has 2 aromatic heterocycles. The third kappa shape index (κ3) is 2.87. The van der Waals surface area contributed by atoms with E-state index in [1.165, 1.54) is 11.3 Å². The first-order valence-corrected chi connectivity index (χ1v) is 9.47. The number of aromatic nitrogens is 3. The number of aryl methyl sites for hydroxylation is 1. The SMILES string of the molecule is O=C(c1cn(Cc2ccccc2)c2ccccc12)C1CCc2[nH]cnc2C1. The highest BCUT2D eigenvalue weighted by atomic mass is 16.1. The lowest BCUT2D eigenvalue weighted by molar-refractivity contribution is 0.0909. The zero-order valence-electron chi connectivity index (χ0n) is 15.1. The van der Waals surface area contributed by atoms with Crippen LogP contribution in [0.4, 0.5) is 0 Å². The molecule has 1 aliphatic carbocycles. The number of rotatable bonds is 4. The third-order valence-electron chi connectivity index (χ3n) is 5.61. The van der Waals surface area contributed by atoms with Gasteiger partial charge in [-0.1, -0.05) is 48.5 Å². The summed E-state index contributed by atoms with van der Waals surface area (Å²) in [4.78, 5) is 20.9. The average Bonchev–Trinajstić information content (AvgIpc) is 3.33. The third-order valence-corrected chi connectivity index (χ3v) is 5.61. The largest absolute Gasteiger partial charge is 0.348 e. The summed E-state index contributed by atoms with van der Waals surface area (Å²) < 4.78 is 2.20.